The average Bonchev–Trinajstić information content (AvgIpc) is 2.60. The highest BCUT2D eigenvalue weighted by atomic mass is 16.3. The maximum atomic E-state index is 5.20. The first-order valence-electron chi connectivity index (χ1n) is 4.07. The molecule has 1 aliphatic rings. The molecule has 0 aromatic carbocycles. The third kappa shape index (κ3) is 1.50. The summed E-state index contributed by atoms with van der Waals surface area (Å²) in [4.78, 5) is 0. The van der Waals surface area contributed by atoms with E-state index in [0.29, 0.717) is 0 Å². The van der Waals surface area contributed by atoms with Crippen LogP contribution in [0.15, 0.2) is 22.8 Å². The molecule has 0 N–H and O–H groups in total. The highest BCUT2D eigenvalue weighted by Gasteiger charge is 2.12. The fourth-order valence-electron chi connectivity index (χ4n) is 1.42. The summed E-state index contributed by atoms with van der Waals surface area (Å²) >= 11 is 0. The summed E-state index contributed by atoms with van der Waals surface area (Å²) in [6.07, 6.45) is 6.43. The highest BCUT2D eigenvalue weighted by Crippen LogP contribution is 2.02. The summed E-state index contributed by atoms with van der Waals surface area (Å²) in [6.45, 7) is 2.36. The van der Waals surface area contributed by atoms with Crippen molar-refractivity contribution in [3.63, 3.8) is 0 Å². The van der Waals surface area contributed by atoms with Crippen molar-refractivity contribution in [2.45, 2.75) is 12.8 Å². The van der Waals surface area contributed by atoms with E-state index < -0.39 is 0 Å². The fourth-order valence-corrected chi connectivity index (χ4v) is 1.42. The molecule has 2 nitrogen and oxygen atoms in total. The van der Waals surface area contributed by atoms with Gasteiger partial charge in [0, 0.05) is 12.8 Å². The molecule has 2 heteroatoms. The van der Waals surface area contributed by atoms with Crippen LogP contribution in [0.2, 0.25) is 0 Å². The normalized spacial score (nSPS) is 17.3. The van der Waals surface area contributed by atoms with Gasteiger partial charge in [-0.3, -0.25) is 0 Å². The van der Waals surface area contributed by atoms with E-state index in [1.165, 1.54) is 25.9 Å². The molecule has 1 saturated heterocycles. The summed E-state index contributed by atoms with van der Waals surface area (Å²) in [5, 5.41) is 0. The van der Waals surface area contributed by atoms with Gasteiger partial charge in [-0.15, -0.1) is 0 Å². The molecular formula is C9H12NO+. The highest BCUT2D eigenvalue weighted by molar-refractivity contribution is 5.71. The van der Waals surface area contributed by atoms with E-state index in [4.69, 9.17) is 4.42 Å². The molecule has 2 heterocycles. The minimum atomic E-state index is 0.965. The molecule has 0 atom stereocenters. The van der Waals surface area contributed by atoms with E-state index in [9.17, 15) is 0 Å². The van der Waals surface area contributed by atoms with Crippen molar-refractivity contribution in [2.75, 3.05) is 13.1 Å². The zero-order chi connectivity index (χ0) is 7.52. The van der Waals surface area contributed by atoms with Gasteiger partial charge in [-0.25, -0.2) is 4.58 Å². The molecule has 1 aromatic heterocycles. The van der Waals surface area contributed by atoms with Gasteiger partial charge in [0.25, 0.3) is 0 Å². The second-order valence-corrected chi connectivity index (χ2v) is 2.89. The molecule has 1 aromatic rings. The first kappa shape index (κ1) is 6.65. The van der Waals surface area contributed by atoms with Crippen molar-refractivity contribution >= 4 is 6.21 Å². The number of hydrogen-bond acceptors (Lipinski definition) is 1. The van der Waals surface area contributed by atoms with E-state index in [1.807, 2.05) is 12.1 Å². The third-order valence-electron chi connectivity index (χ3n) is 1.99. The predicted molar refractivity (Wildman–Crippen MR) is 43.1 cm³/mol. The first-order chi connectivity index (χ1) is 5.45. The lowest BCUT2D eigenvalue weighted by Gasteiger charge is -1.87. The second-order valence-electron chi connectivity index (χ2n) is 2.89. The van der Waals surface area contributed by atoms with Gasteiger partial charge < -0.3 is 4.42 Å². The molecule has 0 saturated carbocycles. The third-order valence-corrected chi connectivity index (χ3v) is 1.99. The molecule has 0 aliphatic carbocycles. The van der Waals surface area contributed by atoms with Crippen LogP contribution in [0.3, 0.4) is 0 Å². The Morgan fingerprint density at radius 1 is 1.36 bits per heavy atom. The lowest BCUT2D eigenvalue weighted by molar-refractivity contribution is -0.501. The standard InChI is InChI=1S/C9H12NO/c1-2-6-10(5-1)8-9-4-3-7-11-9/h3-4,7-8H,1-2,5-6H2/q+1. The summed E-state index contributed by atoms with van der Waals surface area (Å²) in [5.41, 5.74) is 0. The molecule has 0 spiro atoms. The minimum absolute atomic E-state index is 0.965. The van der Waals surface area contributed by atoms with Crippen molar-refractivity contribution in [3.8, 4) is 0 Å². The Hall–Kier alpha value is -1.05. The van der Waals surface area contributed by atoms with Gasteiger partial charge in [-0.1, -0.05) is 0 Å². The van der Waals surface area contributed by atoms with Gasteiger partial charge in [0.05, 0.1) is 6.26 Å². The van der Waals surface area contributed by atoms with Crippen LogP contribution < -0.4 is 0 Å². The van der Waals surface area contributed by atoms with Gasteiger partial charge in [-0.05, 0) is 12.1 Å². The van der Waals surface area contributed by atoms with Crippen LogP contribution in [0.5, 0.6) is 0 Å². The van der Waals surface area contributed by atoms with Gasteiger partial charge in [0.15, 0.2) is 5.76 Å². The molecule has 0 amide bonds. The number of rotatable bonds is 1. The smallest absolute Gasteiger partial charge is 0.206 e. The van der Waals surface area contributed by atoms with Crippen molar-refractivity contribution in [3.05, 3.63) is 24.2 Å². The van der Waals surface area contributed by atoms with E-state index in [-0.39, 0.29) is 0 Å². The summed E-state index contributed by atoms with van der Waals surface area (Å²) < 4.78 is 7.50. The van der Waals surface area contributed by atoms with Crippen LogP contribution in [0.25, 0.3) is 0 Å². The number of hydrogen-bond donors (Lipinski definition) is 0. The monoisotopic (exact) mass is 150 g/mol. The van der Waals surface area contributed by atoms with Gasteiger partial charge in [0.1, 0.15) is 13.1 Å². The Balaban J connectivity index is 2.13. The van der Waals surface area contributed by atoms with Crippen LogP contribution in [-0.4, -0.2) is 23.9 Å². The lowest BCUT2D eigenvalue weighted by Crippen LogP contribution is -2.07. The average molecular weight is 150 g/mol. The predicted octanol–water partition coefficient (Wildman–Crippen LogP) is 1.50. The Bertz CT molecular complexity index is 241. The Morgan fingerprint density at radius 2 is 2.18 bits per heavy atom. The number of furan rings is 1. The quantitative estimate of drug-likeness (QED) is 0.554. The molecule has 0 unspecified atom stereocenters. The van der Waals surface area contributed by atoms with E-state index in [0.717, 1.165) is 5.76 Å². The van der Waals surface area contributed by atoms with Crippen LogP contribution in [0.4, 0.5) is 0 Å². The summed E-state index contributed by atoms with van der Waals surface area (Å²) in [6, 6.07) is 3.90. The number of nitrogens with zero attached hydrogens (tertiary/aromatic N) is 1. The maximum absolute atomic E-state index is 5.20. The van der Waals surface area contributed by atoms with Crippen molar-refractivity contribution in [1.29, 1.82) is 0 Å². The fraction of sp³-hybridized carbons (Fsp3) is 0.444. The Kier molecular flexibility index (Phi) is 1.76. The van der Waals surface area contributed by atoms with Crippen molar-refractivity contribution in [1.82, 2.24) is 0 Å². The van der Waals surface area contributed by atoms with Crippen LogP contribution >= 0.6 is 0 Å². The van der Waals surface area contributed by atoms with Gasteiger partial charge in [0.2, 0.25) is 6.21 Å². The molecule has 2 rings (SSSR count). The molecule has 1 fully saturated rings. The summed E-state index contributed by atoms with van der Waals surface area (Å²) in [7, 11) is 0. The topological polar surface area (TPSA) is 16.1 Å². The largest absolute Gasteiger partial charge is 0.459 e. The van der Waals surface area contributed by atoms with Crippen molar-refractivity contribution < 1.29 is 8.99 Å². The van der Waals surface area contributed by atoms with E-state index in [2.05, 4.69) is 10.8 Å². The molecule has 1 aliphatic heterocycles. The SMILES string of the molecule is C(c1ccco1)=[N+]1CCCC1. The Labute approximate surface area is 66.1 Å². The van der Waals surface area contributed by atoms with Crippen LogP contribution in [0.1, 0.15) is 18.6 Å². The molecule has 11 heavy (non-hydrogen) atoms. The maximum Gasteiger partial charge on any atom is 0.206 e. The van der Waals surface area contributed by atoms with Crippen LogP contribution in [-0.2, 0) is 0 Å². The Morgan fingerprint density at radius 3 is 2.82 bits per heavy atom. The first-order valence-corrected chi connectivity index (χ1v) is 4.07. The molecule has 0 radical (unpaired) electrons. The molecule has 58 valence electrons. The second kappa shape index (κ2) is 2.91. The molecule has 0 bridgehead atoms. The summed E-state index contributed by atoms with van der Waals surface area (Å²) in [5.74, 6) is 0.965. The lowest BCUT2D eigenvalue weighted by atomic mass is 10.4. The zero-order valence-electron chi connectivity index (χ0n) is 6.49. The minimum Gasteiger partial charge on any atom is -0.459 e. The molecular weight excluding hydrogens is 138 g/mol. The zero-order valence-corrected chi connectivity index (χ0v) is 6.49. The van der Waals surface area contributed by atoms with E-state index in [1.54, 1.807) is 6.26 Å². The van der Waals surface area contributed by atoms with Gasteiger partial charge in [-0.2, -0.15) is 0 Å². The van der Waals surface area contributed by atoms with Crippen molar-refractivity contribution in [2.24, 2.45) is 0 Å². The van der Waals surface area contributed by atoms with E-state index >= 15 is 0 Å². The van der Waals surface area contributed by atoms with Crippen LogP contribution in [0, 0.1) is 0 Å². The van der Waals surface area contributed by atoms with Gasteiger partial charge >= 0.3 is 0 Å².